The van der Waals surface area contributed by atoms with Gasteiger partial charge in [0.15, 0.2) is 0 Å². The van der Waals surface area contributed by atoms with Gasteiger partial charge < -0.3 is 10.2 Å². The lowest BCUT2D eigenvalue weighted by molar-refractivity contribution is -0.122. The van der Waals surface area contributed by atoms with E-state index in [2.05, 4.69) is 5.32 Å². The smallest absolute Gasteiger partial charge is 0.229 e. The van der Waals surface area contributed by atoms with Crippen LogP contribution in [0.4, 0.5) is 15.8 Å². The predicted molar refractivity (Wildman–Crippen MR) is 96.4 cm³/mol. The van der Waals surface area contributed by atoms with Crippen LogP contribution in [-0.2, 0) is 9.59 Å². The molecule has 4 nitrogen and oxygen atoms in total. The molecule has 1 saturated heterocycles. The van der Waals surface area contributed by atoms with Gasteiger partial charge in [0, 0.05) is 24.3 Å². The molecule has 1 unspecified atom stereocenters. The van der Waals surface area contributed by atoms with Gasteiger partial charge in [0.05, 0.1) is 10.9 Å². The van der Waals surface area contributed by atoms with E-state index in [0.717, 1.165) is 16.8 Å². The molecular weight excluding hydrogens is 343 g/mol. The average molecular weight is 361 g/mol. The molecule has 2 amide bonds. The van der Waals surface area contributed by atoms with Crippen LogP contribution in [0.25, 0.3) is 0 Å². The van der Waals surface area contributed by atoms with E-state index in [1.807, 2.05) is 32.0 Å². The van der Waals surface area contributed by atoms with E-state index in [-0.39, 0.29) is 29.8 Å². The number of halogens is 2. The minimum absolute atomic E-state index is 0.0477. The first-order chi connectivity index (χ1) is 11.8. The van der Waals surface area contributed by atoms with Gasteiger partial charge in [0.1, 0.15) is 5.82 Å². The van der Waals surface area contributed by atoms with E-state index < -0.39 is 11.7 Å². The molecule has 1 aliphatic rings. The molecule has 130 valence electrons. The van der Waals surface area contributed by atoms with Gasteiger partial charge in [-0.25, -0.2) is 4.39 Å². The molecule has 6 heteroatoms. The summed E-state index contributed by atoms with van der Waals surface area (Å²) >= 11 is 5.78. The maximum atomic E-state index is 13.3. The Bertz CT molecular complexity index is 833. The molecule has 0 saturated carbocycles. The van der Waals surface area contributed by atoms with Gasteiger partial charge in [0.2, 0.25) is 11.8 Å². The zero-order valence-corrected chi connectivity index (χ0v) is 14.7. The fraction of sp³-hybridized carbons (Fsp3) is 0.263. The minimum atomic E-state index is -0.541. The van der Waals surface area contributed by atoms with E-state index in [9.17, 15) is 14.0 Å². The van der Waals surface area contributed by atoms with Crippen LogP contribution >= 0.6 is 11.6 Å². The molecule has 1 atom stereocenters. The minimum Gasteiger partial charge on any atom is -0.326 e. The topological polar surface area (TPSA) is 49.4 Å². The summed E-state index contributed by atoms with van der Waals surface area (Å²) in [5, 5.41) is 2.83. The summed E-state index contributed by atoms with van der Waals surface area (Å²) < 4.78 is 13.3. The van der Waals surface area contributed by atoms with Crippen LogP contribution in [-0.4, -0.2) is 18.4 Å². The van der Waals surface area contributed by atoms with Crippen molar-refractivity contribution in [3.05, 3.63) is 58.4 Å². The monoisotopic (exact) mass is 360 g/mol. The molecule has 25 heavy (non-hydrogen) atoms. The first kappa shape index (κ1) is 17.4. The molecule has 1 N–H and O–H groups in total. The number of hydrogen-bond acceptors (Lipinski definition) is 2. The summed E-state index contributed by atoms with van der Waals surface area (Å²) in [7, 11) is 0. The summed E-state index contributed by atoms with van der Waals surface area (Å²) in [5.74, 6) is -1.38. The number of rotatable bonds is 3. The fourth-order valence-electron chi connectivity index (χ4n) is 3.08. The second-order valence-electron chi connectivity index (χ2n) is 6.37. The summed E-state index contributed by atoms with van der Waals surface area (Å²) in [5.41, 5.74) is 3.33. The lowest BCUT2D eigenvalue weighted by atomic mass is 10.1. The van der Waals surface area contributed by atoms with Crippen LogP contribution in [0.1, 0.15) is 17.5 Å². The molecule has 1 aliphatic heterocycles. The van der Waals surface area contributed by atoms with Crippen molar-refractivity contribution in [2.24, 2.45) is 5.92 Å². The lowest BCUT2D eigenvalue weighted by Gasteiger charge is -2.17. The van der Waals surface area contributed by atoms with E-state index >= 15 is 0 Å². The first-order valence-electron chi connectivity index (χ1n) is 7.98. The van der Waals surface area contributed by atoms with E-state index in [4.69, 9.17) is 11.6 Å². The Kier molecular flexibility index (Phi) is 4.77. The van der Waals surface area contributed by atoms with Crippen LogP contribution in [0.5, 0.6) is 0 Å². The molecule has 0 radical (unpaired) electrons. The molecule has 0 bridgehead atoms. The number of nitrogens with zero attached hydrogens (tertiary/aromatic N) is 1. The Labute approximate surface area is 150 Å². The third-order valence-electron chi connectivity index (χ3n) is 4.20. The van der Waals surface area contributed by atoms with Crippen molar-refractivity contribution in [3.63, 3.8) is 0 Å². The van der Waals surface area contributed by atoms with Crippen molar-refractivity contribution < 1.29 is 14.0 Å². The van der Waals surface area contributed by atoms with Crippen molar-refractivity contribution in [1.29, 1.82) is 0 Å². The molecule has 2 aromatic carbocycles. The van der Waals surface area contributed by atoms with Crippen molar-refractivity contribution in [2.75, 3.05) is 16.8 Å². The van der Waals surface area contributed by atoms with Gasteiger partial charge in [-0.3, -0.25) is 9.59 Å². The van der Waals surface area contributed by atoms with Crippen LogP contribution < -0.4 is 10.2 Å². The maximum absolute atomic E-state index is 13.3. The molecule has 3 rings (SSSR count). The van der Waals surface area contributed by atoms with Crippen molar-refractivity contribution >= 4 is 34.8 Å². The predicted octanol–water partition coefficient (Wildman–Crippen LogP) is 4.09. The third-order valence-corrected chi connectivity index (χ3v) is 4.49. The first-order valence-corrected chi connectivity index (χ1v) is 8.36. The summed E-state index contributed by atoms with van der Waals surface area (Å²) in [6.45, 7) is 4.17. The maximum Gasteiger partial charge on any atom is 0.229 e. The largest absolute Gasteiger partial charge is 0.326 e. The normalized spacial score (nSPS) is 17.0. The quantitative estimate of drug-likeness (QED) is 0.896. The van der Waals surface area contributed by atoms with Gasteiger partial charge in [-0.15, -0.1) is 0 Å². The van der Waals surface area contributed by atoms with E-state index in [1.54, 1.807) is 0 Å². The Morgan fingerprint density at radius 1 is 1.20 bits per heavy atom. The third kappa shape index (κ3) is 3.82. The average Bonchev–Trinajstić information content (AvgIpc) is 2.91. The fourth-order valence-corrected chi connectivity index (χ4v) is 3.25. The number of hydrogen-bond donors (Lipinski definition) is 1. The molecule has 1 fully saturated rings. The molecule has 0 aliphatic carbocycles. The molecular formula is C19H18ClFN2O2. The number of carbonyl (C=O) groups excluding carboxylic acids is 2. The Morgan fingerprint density at radius 2 is 1.88 bits per heavy atom. The van der Waals surface area contributed by atoms with Crippen molar-refractivity contribution in [2.45, 2.75) is 20.3 Å². The van der Waals surface area contributed by atoms with Crippen molar-refractivity contribution in [1.82, 2.24) is 0 Å². The number of carbonyl (C=O) groups is 2. The lowest BCUT2D eigenvalue weighted by Crippen LogP contribution is -2.28. The Hall–Kier alpha value is -2.40. The molecule has 0 aromatic heterocycles. The van der Waals surface area contributed by atoms with Crippen LogP contribution in [0.2, 0.25) is 5.02 Å². The highest BCUT2D eigenvalue weighted by Gasteiger charge is 2.35. The zero-order chi connectivity index (χ0) is 18.1. The number of anilines is 2. The highest BCUT2D eigenvalue weighted by atomic mass is 35.5. The van der Waals surface area contributed by atoms with Gasteiger partial charge >= 0.3 is 0 Å². The van der Waals surface area contributed by atoms with Gasteiger partial charge in [-0.1, -0.05) is 17.7 Å². The summed E-state index contributed by atoms with van der Waals surface area (Å²) in [6, 6.07) is 9.91. The van der Waals surface area contributed by atoms with Gasteiger partial charge in [-0.05, 0) is 55.3 Å². The van der Waals surface area contributed by atoms with Gasteiger partial charge in [-0.2, -0.15) is 0 Å². The van der Waals surface area contributed by atoms with Crippen molar-refractivity contribution in [3.8, 4) is 0 Å². The van der Waals surface area contributed by atoms with E-state index in [1.165, 1.54) is 23.1 Å². The highest BCUT2D eigenvalue weighted by molar-refractivity contribution is 6.31. The highest BCUT2D eigenvalue weighted by Crippen LogP contribution is 2.29. The number of aryl methyl sites for hydroxylation is 2. The number of nitrogens with one attached hydrogen (secondary N) is 1. The molecule has 1 heterocycles. The second kappa shape index (κ2) is 6.84. The van der Waals surface area contributed by atoms with Crippen LogP contribution in [0, 0.1) is 25.6 Å². The molecule has 0 spiro atoms. The zero-order valence-electron chi connectivity index (χ0n) is 14.0. The van der Waals surface area contributed by atoms with Gasteiger partial charge in [0.25, 0.3) is 0 Å². The number of benzene rings is 2. The Balaban J connectivity index is 1.73. The standard InChI is InChI=1S/C19H18ClFN2O2/c1-11-5-12(2)7-14(6-11)22-19(25)13-8-18(24)23(10-13)15-3-4-17(21)16(20)9-15/h3-7,9,13H,8,10H2,1-2H3,(H,22,25). The second-order valence-corrected chi connectivity index (χ2v) is 6.78. The van der Waals surface area contributed by atoms with Crippen LogP contribution in [0.15, 0.2) is 36.4 Å². The SMILES string of the molecule is Cc1cc(C)cc(NC(=O)C2CC(=O)N(c3ccc(F)c(Cl)c3)C2)c1. The summed E-state index contributed by atoms with van der Waals surface area (Å²) in [6.07, 6.45) is 0.117. The van der Waals surface area contributed by atoms with Crippen LogP contribution in [0.3, 0.4) is 0 Å². The summed E-state index contributed by atoms with van der Waals surface area (Å²) in [4.78, 5) is 26.2. The number of amides is 2. The Morgan fingerprint density at radius 3 is 2.52 bits per heavy atom. The molecule has 2 aromatic rings. The van der Waals surface area contributed by atoms with E-state index in [0.29, 0.717) is 5.69 Å².